The van der Waals surface area contributed by atoms with Crippen LogP contribution in [0.25, 0.3) is 10.8 Å². The molecule has 3 aromatic rings. The molecule has 2 aromatic carbocycles. The largest absolute Gasteiger partial charge is 0.493 e. The number of benzene rings is 2. The van der Waals surface area contributed by atoms with Crippen molar-refractivity contribution >= 4 is 16.7 Å². The molecule has 29 heavy (non-hydrogen) atoms. The SMILES string of the molecule is O=C(Cn1ncc2ccccc2c1=O)N1CCC[C@H](COc2cccc(F)c2)C1. The van der Waals surface area contributed by atoms with Crippen LogP contribution in [-0.2, 0) is 11.3 Å². The van der Waals surface area contributed by atoms with Crippen molar-refractivity contribution in [3.63, 3.8) is 0 Å². The molecule has 1 aliphatic rings. The summed E-state index contributed by atoms with van der Waals surface area (Å²) in [5, 5.41) is 5.45. The average Bonchev–Trinajstić information content (AvgIpc) is 2.75. The summed E-state index contributed by atoms with van der Waals surface area (Å²) < 4.78 is 20.2. The highest BCUT2D eigenvalue weighted by Gasteiger charge is 2.25. The second-order valence-corrected chi connectivity index (χ2v) is 7.31. The third-order valence-electron chi connectivity index (χ3n) is 5.20. The summed E-state index contributed by atoms with van der Waals surface area (Å²) in [4.78, 5) is 27.1. The van der Waals surface area contributed by atoms with Crippen molar-refractivity contribution in [2.24, 2.45) is 5.92 Å². The van der Waals surface area contributed by atoms with Gasteiger partial charge >= 0.3 is 0 Å². The summed E-state index contributed by atoms with van der Waals surface area (Å²) >= 11 is 0. The lowest BCUT2D eigenvalue weighted by Gasteiger charge is -2.32. The van der Waals surface area contributed by atoms with Crippen LogP contribution in [0.2, 0.25) is 0 Å². The van der Waals surface area contributed by atoms with Crippen LogP contribution in [0, 0.1) is 11.7 Å². The highest BCUT2D eigenvalue weighted by Crippen LogP contribution is 2.20. The number of rotatable bonds is 5. The quantitative estimate of drug-likeness (QED) is 0.666. The van der Waals surface area contributed by atoms with E-state index in [1.807, 2.05) is 12.1 Å². The second kappa shape index (κ2) is 8.43. The Kier molecular flexibility index (Phi) is 5.55. The van der Waals surface area contributed by atoms with Gasteiger partial charge in [0.1, 0.15) is 18.1 Å². The van der Waals surface area contributed by atoms with E-state index in [1.54, 1.807) is 35.4 Å². The third kappa shape index (κ3) is 4.45. The third-order valence-corrected chi connectivity index (χ3v) is 5.20. The minimum atomic E-state index is -0.337. The Bertz CT molecular complexity index is 1080. The highest BCUT2D eigenvalue weighted by molar-refractivity contribution is 5.81. The fraction of sp³-hybridized carbons (Fsp3) is 0.318. The van der Waals surface area contributed by atoms with Crippen LogP contribution in [0.3, 0.4) is 0 Å². The molecule has 7 heteroatoms. The van der Waals surface area contributed by atoms with E-state index in [4.69, 9.17) is 4.74 Å². The van der Waals surface area contributed by atoms with Crippen LogP contribution >= 0.6 is 0 Å². The number of fused-ring (bicyclic) bond motifs is 1. The Morgan fingerprint density at radius 2 is 2.07 bits per heavy atom. The smallest absolute Gasteiger partial charge is 0.275 e. The molecule has 6 nitrogen and oxygen atoms in total. The van der Waals surface area contributed by atoms with Crippen molar-refractivity contribution in [3.05, 3.63) is 70.9 Å². The Labute approximate surface area is 167 Å². The summed E-state index contributed by atoms with van der Waals surface area (Å²) in [6.45, 7) is 1.54. The molecule has 0 radical (unpaired) electrons. The van der Waals surface area contributed by atoms with Crippen LogP contribution in [-0.4, -0.2) is 40.3 Å². The Balaban J connectivity index is 1.39. The van der Waals surface area contributed by atoms with Gasteiger partial charge in [0.2, 0.25) is 5.91 Å². The standard InChI is InChI=1S/C22H22FN3O3/c23-18-7-3-8-19(11-18)29-15-16-5-4-10-25(13-16)21(27)14-26-22(28)20-9-2-1-6-17(20)12-24-26/h1-3,6-9,11-12,16H,4-5,10,13-15H2/t16-/m0/s1. The lowest BCUT2D eigenvalue weighted by atomic mass is 9.99. The number of nitrogens with zero attached hydrogens (tertiary/aromatic N) is 3. The van der Waals surface area contributed by atoms with Gasteiger partial charge in [-0.25, -0.2) is 9.07 Å². The number of piperidine rings is 1. The topological polar surface area (TPSA) is 64.4 Å². The maximum absolute atomic E-state index is 13.3. The first-order valence-electron chi connectivity index (χ1n) is 9.71. The summed E-state index contributed by atoms with van der Waals surface area (Å²) in [6, 6.07) is 13.2. The predicted molar refractivity (Wildman–Crippen MR) is 107 cm³/mol. The van der Waals surface area contributed by atoms with E-state index >= 15 is 0 Å². The average molecular weight is 395 g/mol. The summed E-state index contributed by atoms with van der Waals surface area (Å²) in [5.41, 5.74) is -0.264. The zero-order valence-electron chi connectivity index (χ0n) is 16.0. The van der Waals surface area contributed by atoms with E-state index in [0.717, 1.165) is 18.2 Å². The second-order valence-electron chi connectivity index (χ2n) is 7.31. The highest BCUT2D eigenvalue weighted by atomic mass is 19.1. The number of amides is 1. The first-order chi connectivity index (χ1) is 14.1. The van der Waals surface area contributed by atoms with Gasteiger partial charge in [0, 0.05) is 30.5 Å². The fourth-order valence-corrected chi connectivity index (χ4v) is 3.67. The maximum atomic E-state index is 13.3. The molecule has 1 fully saturated rings. The van der Waals surface area contributed by atoms with E-state index in [2.05, 4.69) is 5.10 Å². The Morgan fingerprint density at radius 1 is 1.21 bits per heavy atom. The van der Waals surface area contributed by atoms with Gasteiger partial charge in [-0.3, -0.25) is 9.59 Å². The molecule has 1 saturated heterocycles. The van der Waals surface area contributed by atoms with Crippen molar-refractivity contribution in [1.29, 1.82) is 0 Å². The van der Waals surface area contributed by atoms with Crippen molar-refractivity contribution in [3.8, 4) is 5.75 Å². The monoisotopic (exact) mass is 395 g/mol. The number of aromatic nitrogens is 2. The van der Waals surface area contributed by atoms with Crippen molar-refractivity contribution < 1.29 is 13.9 Å². The molecule has 4 rings (SSSR count). The molecular weight excluding hydrogens is 373 g/mol. The number of halogens is 1. The van der Waals surface area contributed by atoms with Crippen LogP contribution in [0.15, 0.2) is 59.5 Å². The van der Waals surface area contributed by atoms with E-state index in [1.165, 1.54) is 16.8 Å². The molecule has 0 unspecified atom stereocenters. The van der Waals surface area contributed by atoms with Crippen LogP contribution in [0.5, 0.6) is 5.75 Å². The molecule has 0 saturated carbocycles. The van der Waals surface area contributed by atoms with Crippen molar-refractivity contribution in [2.45, 2.75) is 19.4 Å². The minimum Gasteiger partial charge on any atom is -0.493 e. The number of carbonyl (C=O) groups is 1. The normalized spacial score (nSPS) is 16.7. The first-order valence-corrected chi connectivity index (χ1v) is 9.71. The van der Waals surface area contributed by atoms with E-state index in [-0.39, 0.29) is 29.7 Å². The fourth-order valence-electron chi connectivity index (χ4n) is 3.67. The molecule has 0 spiro atoms. The molecule has 1 aliphatic heterocycles. The molecule has 150 valence electrons. The zero-order chi connectivity index (χ0) is 20.2. The maximum Gasteiger partial charge on any atom is 0.275 e. The predicted octanol–water partition coefficient (Wildman–Crippen LogP) is 2.85. The molecule has 2 heterocycles. The number of likely N-dealkylation sites (tertiary alicyclic amines) is 1. The van der Waals surface area contributed by atoms with Gasteiger partial charge in [-0.15, -0.1) is 0 Å². The van der Waals surface area contributed by atoms with Crippen LogP contribution in [0.1, 0.15) is 12.8 Å². The summed E-state index contributed by atoms with van der Waals surface area (Å²) in [6.07, 6.45) is 3.41. The number of ether oxygens (including phenoxy) is 1. The van der Waals surface area contributed by atoms with Gasteiger partial charge in [0.05, 0.1) is 18.2 Å². The first kappa shape index (κ1) is 19.1. The lowest BCUT2D eigenvalue weighted by molar-refractivity contribution is -0.134. The van der Waals surface area contributed by atoms with Gasteiger partial charge in [0.25, 0.3) is 5.56 Å². The molecule has 1 atom stereocenters. The van der Waals surface area contributed by atoms with Gasteiger partial charge in [-0.2, -0.15) is 5.10 Å². The molecule has 1 amide bonds. The summed E-state index contributed by atoms with van der Waals surface area (Å²) in [5.74, 6) is 0.180. The molecule has 0 bridgehead atoms. The summed E-state index contributed by atoms with van der Waals surface area (Å²) in [7, 11) is 0. The van der Waals surface area contributed by atoms with Crippen molar-refractivity contribution in [2.75, 3.05) is 19.7 Å². The lowest BCUT2D eigenvalue weighted by Crippen LogP contribution is -2.44. The zero-order valence-corrected chi connectivity index (χ0v) is 16.0. The van der Waals surface area contributed by atoms with Crippen LogP contribution in [0.4, 0.5) is 4.39 Å². The van der Waals surface area contributed by atoms with Gasteiger partial charge in [0.15, 0.2) is 0 Å². The number of carbonyl (C=O) groups excluding carboxylic acids is 1. The number of hydrogen-bond donors (Lipinski definition) is 0. The molecule has 1 aromatic heterocycles. The van der Waals surface area contributed by atoms with Crippen molar-refractivity contribution in [1.82, 2.24) is 14.7 Å². The van der Waals surface area contributed by atoms with E-state index in [9.17, 15) is 14.0 Å². The van der Waals surface area contributed by atoms with E-state index < -0.39 is 0 Å². The molecular formula is C22H22FN3O3. The minimum absolute atomic E-state index is 0.0822. The van der Waals surface area contributed by atoms with Gasteiger partial charge in [-0.1, -0.05) is 24.3 Å². The molecule has 0 aliphatic carbocycles. The van der Waals surface area contributed by atoms with Gasteiger partial charge < -0.3 is 9.64 Å². The van der Waals surface area contributed by atoms with E-state index in [0.29, 0.717) is 30.8 Å². The molecule has 0 N–H and O–H groups in total. The van der Waals surface area contributed by atoms with Crippen LogP contribution < -0.4 is 10.3 Å². The van der Waals surface area contributed by atoms with Gasteiger partial charge in [-0.05, 0) is 31.0 Å². The number of hydrogen-bond acceptors (Lipinski definition) is 4. The Morgan fingerprint density at radius 3 is 2.93 bits per heavy atom. The Hall–Kier alpha value is -3.22.